The van der Waals surface area contributed by atoms with Gasteiger partial charge in [0.1, 0.15) is 5.69 Å². The summed E-state index contributed by atoms with van der Waals surface area (Å²) in [5.41, 5.74) is 3.85. The number of aliphatic hydroxyl groups excluding tert-OH is 1. The molecule has 0 aliphatic heterocycles. The molecule has 2 aromatic rings. The molecule has 4 rings (SSSR count). The molecular weight excluding hydrogens is 276 g/mol. The first-order chi connectivity index (χ1) is 10.8. The van der Waals surface area contributed by atoms with E-state index in [0.717, 1.165) is 17.5 Å². The van der Waals surface area contributed by atoms with Crippen molar-refractivity contribution in [1.29, 1.82) is 0 Å². The molecule has 2 aliphatic rings. The number of aliphatic hydroxyl groups is 1. The van der Waals surface area contributed by atoms with Crippen LogP contribution in [0.15, 0.2) is 36.7 Å². The van der Waals surface area contributed by atoms with Gasteiger partial charge in [-0.15, -0.1) is 0 Å². The van der Waals surface area contributed by atoms with Crippen molar-refractivity contribution in [1.82, 2.24) is 9.97 Å². The van der Waals surface area contributed by atoms with Gasteiger partial charge in [-0.25, -0.2) is 0 Å². The maximum absolute atomic E-state index is 10.5. The summed E-state index contributed by atoms with van der Waals surface area (Å²) in [6.45, 7) is 0.0761. The summed E-state index contributed by atoms with van der Waals surface area (Å²) in [6.07, 6.45) is 9.19. The van der Waals surface area contributed by atoms with Crippen LogP contribution in [0.4, 0.5) is 0 Å². The van der Waals surface area contributed by atoms with E-state index >= 15 is 0 Å². The Kier molecular flexibility index (Phi) is 4.59. The predicted molar refractivity (Wildman–Crippen MR) is 83.7 cm³/mol. The van der Waals surface area contributed by atoms with Gasteiger partial charge in [-0.3, -0.25) is 14.8 Å². The molecule has 0 bridgehead atoms. The van der Waals surface area contributed by atoms with Crippen LogP contribution in [0.1, 0.15) is 64.8 Å². The van der Waals surface area contributed by atoms with Gasteiger partial charge in [0, 0.05) is 12.4 Å². The molecule has 0 atom stereocenters. The summed E-state index contributed by atoms with van der Waals surface area (Å²) in [5, 5.41) is 8.93. The van der Waals surface area contributed by atoms with Crippen LogP contribution in [0, 0.1) is 0 Å². The number of hydrogen-bond acceptors (Lipinski definition) is 4. The first kappa shape index (κ1) is 14.9. The third kappa shape index (κ3) is 3.57. The lowest BCUT2D eigenvalue weighted by atomic mass is 10.1. The van der Waals surface area contributed by atoms with Crippen LogP contribution in [0.25, 0.3) is 0 Å². The highest BCUT2D eigenvalue weighted by Crippen LogP contribution is 2.41. The first-order valence-electron chi connectivity index (χ1n) is 7.78. The SMILES string of the molecule is O=Cc1ncccc1C1CC1.OCc1ncccc1C1CC1. The van der Waals surface area contributed by atoms with Crippen molar-refractivity contribution in [2.75, 3.05) is 0 Å². The zero-order valence-electron chi connectivity index (χ0n) is 12.5. The third-order valence-electron chi connectivity index (χ3n) is 4.09. The van der Waals surface area contributed by atoms with Crippen LogP contribution in [-0.4, -0.2) is 21.4 Å². The highest BCUT2D eigenvalue weighted by atomic mass is 16.3. The molecule has 2 aliphatic carbocycles. The van der Waals surface area contributed by atoms with E-state index in [9.17, 15) is 4.79 Å². The quantitative estimate of drug-likeness (QED) is 0.880. The molecule has 22 heavy (non-hydrogen) atoms. The Hall–Kier alpha value is -2.07. The molecule has 4 heteroatoms. The van der Waals surface area contributed by atoms with Crippen molar-refractivity contribution in [3.05, 3.63) is 59.2 Å². The number of aromatic nitrogens is 2. The molecule has 0 aromatic carbocycles. The molecule has 0 amide bonds. The number of carbonyl (C=O) groups excluding carboxylic acids is 1. The van der Waals surface area contributed by atoms with E-state index in [1.807, 2.05) is 18.2 Å². The Labute approximate surface area is 130 Å². The summed E-state index contributed by atoms with van der Waals surface area (Å²) >= 11 is 0. The number of nitrogens with zero attached hydrogens (tertiary/aromatic N) is 2. The number of aldehydes is 1. The van der Waals surface area contributed by atoms with Crippen molar-refractivity contribution in [3.63, 3.8) is 0 Å². The molecule has 2 heterocycles. The summed E-state index contributed by atoms with van der Waals surface area (Å²) in [7, 11) is 0. The summed E-state index contributed by atoms with van der Waals surface area (Å²) in [4.78, 5) is 18.6. The van der Waals surface area contributed by atoms with Crippen LogP contribution in [-0.2, 0) is 6.61 Å². The van der Waals surface area contributed by atoms with Crippen LogP contribution in [0.3, 0.4) is 0 Å². The number of hydrogen-bond donors (Lipinski definition) is 1. The molecule has 114 valence electrons. The maximum Gasteiger partial charge on any atom is 0.168 e. The lowest BCUT2D eigenvalue weighted by molar-refractivity contribution is 0.111. The minimum absolute atomic E-state index is 0.0761. The van der Waals surface area contributed by atoms with E-state index in [2.05, 4.69) is 16.0 Å². The van der Waals surface area contributed by atoms with Gasteiger partial charge in [0.05, 0.1) is 12.3 Å². The van der Waals surface area contributed by atoms with Gasteiger partial charge in [0.15, 0.2) is 6.29 Å². The normalized spacial score (nSPS) is 16.6. The van der Waals surface area contributed by atoms with E-state index < -0.39 is 0 Å². The third-order valence-corrected chi connectivity index (χ3v) is 4.09. The second-order valence-corrected chi connectivity index (χ2v) is 5.84. The molecule has 0 spiro atoms. The molecule has 2 saturated carbocycles. The topological polar surface area (TPSA) is 63.1 Å². The standard InChI is InChI=1S/C9H11NO.C9H9NO/c2*11-6-9-8(7-3-4-7)2-1-5-10-9/h1-2,5,7,11H,3-4,6H2;1-2,5-7H,3-4H2. The molecule has 4 nitrogen and oxygen atoms in total. The second-order valence-electron chi connectivity index (χ2n) is 5.84. The Bertz CT molecular complexity index is 649. The number of carbonyl (C=O) groups is 1. The average molecular weight is 296 g/mol. The molecule has 2 fully saturated rings. The van der Waals surface area contributed by atoms with Crippen LogP contribution in [0.5, 0.6) is 0 Å². The fourth-order valence-corrected chi connectivity index (χ4v) is 2.62. The monoisotopic (exact) mass is 296 g/mol. The number of rotatable bonds is 4. The highest BCUT2D eigenvalue weighted by molar-refractivity contribution is 5.74. The molecule has 0 saturated heterocycles. The fourth-order valence-electron chi connectivity index (χ4n) is 2.62. The Morgan fingerprint density at radius 3 is 2.18 bits per heavy atom. The maximum atomic E-state index is 10.5. The average Bonchev–Trinajstić information content (AvgIpc) is 3.48. The molecular formula is C18H20N2O2. The van der Waals surface area contributed by atoms with E-state index in [0.29, 0.717) is 17.5 Å². The number of pyridine rings is 2. The zero-order chi connectivity index (χ0) is 15.4. The Balaban J connectivity index is 0.000000131. The van der Waals surface area contributed by atoms with Gasteiger partial charge in [-0.1, -0.05) is 12.1 Å². The van der Waals surface area contributed by atoms with Crippen molar-refractivity contribution in [3.8, 4) is 0 Å². The molecule has 0 unspecified atom stereocenters. The lowest BCUT2D eigenvalue weighted by Gasteiger charge is -2.02. The largest absolute Gasteiger partial charge is 0.390 e. The van der Waals surface area contributed by atoms with E-state index in [4.69, 9.17) is 5.11 Å². The van der Waals surface area contributed by atoms with E-state index in [-0.39, 0.29) is 6.61 Å². The van der Waals surface area contributed by atoms with E-state index in [1.165, 1.54) is 31.2 Å². The van der Waals surface area contributed by atoms with Crippen LogP contribution in [0.2, 0.25) is 0 Å². The smallest absolute Gasteiger partial charge is 0.168 e. The van der Waals surface area contributed by atoms with Gasteiger partial charge < -0.3 is 5.11 Å². The van der Waals surface area contributed by atoms with Gasteiger partial charge in [-0.05, 0) is 60.8 Å². The van der Waals surface area contributed by atoms with Gasteiger partial charge in [0.25, 0.3) is 0 Å². The second kappa shape index (κ2) is 6.79. The van der Waals surface area contributed by atoms with Crippen molar-refractivity contribution >= 4 is 6.29 Å². The first-order valence-corrected chi connectivity index (χ1v) is 7.78. The lowest BCUT2D eigenvalue weighted by Crippen LogP contribution is -1.94. The van der Waals surface area contributed by atoms with Crippen molar-refractivity contribution in [2.24, 2.45) is 0 Å². The van der Waals surface area contributed by atoms with Gasteiger partial charge >= 0.3 is 0 Å². The summed E-state index contributed by atoms with van der Waals surface area (Å²) in [5.74, 6) is 1.30. The summed E-state index contributed by atoms with van der Waals surface area (Å²) in [6, 6.07) is 7.89. The minimum atomic E-state index is 0.0761. The fraction of sp³-hybridized carbons (Fsp3) is 0.389. The highest BCUT2D eigenvalue weighted by Gasteiger charge is 2.26. The Morgan fingerprint density at radius 2 is 1.59 bits per heavy atom. The van der Waals surface area contributed by atoms with Gasteiger partial charge in [0.2, 0.25) is 0 Å². The van der Waals surface area contributed by atoms with Gasteiger partial charge in [-0.2, -0.15) is 0 Å². The molecule has 0 radical (unpaired) electrons. The summed E-state index contributed by atoms with van der Waals surface area (Å²) < 4.78 is 0. The predicted octanol–water partition coefficient (Wildman–Crippen LogP) is 3.22. The zero-order valence-corrected chi connectivity index (χ0v) is 12.5. The van der Waals surface area contributed by atoms with Crippen LogP contribution < -0.4 is 0 Å². The molecule has 1 N–H and O–H groups in total. The van der Waals surface area contributed by atoms with Crippen molar-refractivity contribution in [2.45, 2.75) is 44.1 Å². The van der Waals surface area contributed by atoms with Crippen LogP contribution >= 0.6 is 0 Å². The Morgan fingerprint density at radius 1 is 1.00 bits per heavy atom. The van der Waals surface area contributed by atoms with E-state index in [1.54, 1.807) is 12.4 Å². The molecule has 2 aromatic heterocycles. The minimum Gasteiger partial charge on any atom is -0.390 e. The van der Waals surface area contributed by atoms with Crippen molar-refractivity contribution < 1.29 is 9.90 Å².